The van der Waals surface area contributed by atoms with Crippen LogP contribution in [0.25, 0.3) is 0 Å². The third kappa shape index (κ3) is 4.86. The molecule has 0 fully saturated rings. The largest absolute Gasteiger partial charge is 0.444 e. The fraction of sp³-hybridized carbons (Fsp3) is 0.118. The van der Waals surface area contributed by atoms with Crippen LogP contribution in [0.3, 0.4) is 0 Å². The average molecular weight is 309 g/mol. The van der Waals surface area contributed by atoms with E-state index in [2.05, 4.69) is 10.6 Å². The van der Waals surface area contributed by atoms with Crippen molar-refractivity contribution in [3.8, 4) is 6.07 Å². The highest BCUT2D eigenvalue weighted by Gasteiger charge is 2.13. The molecule has 0 radical (unpaired) electrons. The zero-order valence-corrected chi connectivity index (χ0v) is 12.3. The van der Waals surface area contributed by atoms with E-state index in [1.807, 2.05) is 36.4 Å². The lowest BCUT2D eigenvalue weighted by Crippen LogP contribution is -2.25. The van der Waals surface area contributed by atoms with Gasteiger partial charge in [-0.05, 0) is 17.7 Å². The van der Waals surface area contributed by atoms with Crippen molar-refractivity contribution in [2.24, 2.45) is 0 Å². The van der Waals surface area contributed by atoms with E-state index in [1.54, 1.807) is 24.3 Å². The standard InChI is InChI=1S/C17H15N3O3/c18-10-11-19-16(21)14-8-4-5-9-15(14)20-17(22)23-12-13-6-2-1-3-7-13/h1-9H,11-12H2,(H,19,21)(H,20,22). The lowest BCUT2D eigenvalue weighted by Gasteiger charge is -2.11. The van der Waals surface area contributed by atoms with Crippen molar-refractivity contribution in [1.82, 2.24) is 5.32 Å². The number of para-hydroxylation sites is 1. The Morgan fingerprint density at radius 2 is 1.74 bits per heavy atom. The number of anilines is 1. The van der Waals surface area contributed by atoms with Gasteiger partial charge in [-0.2, -0.15) is 5.26 Å². The van der Waals surface area contributed by atoms with Crippen LogP contribution in [0.5, 0.6) is 0 Å². The van der Waals surface area contributed by atoms with E-state index in [9.17, 15) is 9.59 Å². The third-order valence-electron chi connectivity index (χ3n) is 2.95. The highest BCUT2D eigenvalue weighted by atomic mass is 16.5. The monoisotopic (exact) mass is 309 g/mol. The highest BCUT2D eigenvalue weighted by Crippen LogP contribution is 2.15. The van der Waals surface area contributed by atoms with Crippen molar-refractivity contribution < 1.29 is 14.3 Å². The molecular formula is C17H15N3O3. The number of rotatable bonds is 5. The summed E-state index contributed by atoms with van der Waals surface area (Å²) in [5.41, 5.74) is 1.45. The molecule has 23 heavy (non-hydrogen) atoms. The van der Waals surface area contributed by atoms with Gasteiger partial charge in [-0.25, -0.2) is 4.79 Å². The number of nitriles is 1. The first-order valence-corrected chi connectivity index (χ1v) is 6.92. The minimum Gasteiger partial charge on any atom is -0.444 e. The maximum absolute atomic E-state index is 11.9. The van der Waals surface area contributed by atoms with Gasteiger partial charge < -0.3 is 10.1 Å². The number of benzene rings is 2. The molecule has 6 nitrogen and oxygen atoms in total. The molecule has 0 spiro atoms. The highest BCUT2D eigenvalue weighted by molar-refractivity contribution is 6.02. The molecule has 2 aromatic rings. The summed E-state index contributed by atoms with van der Waals surface area (Å²) in [7, 11) is 0. The van der Waals surface area contributed by atoms with Crippen LogP contribution in [0.15, 0.2) is 54.6 Å². The topological polar surface area (TPSA) is 91.2 Å². The molecule has 0 aliphatic rings. The Kier molecular flexibility index (Phi) is 5.72. The smallest absolute Gasteiger partial charge is 0.411 e. The van der Waals surface area contributed by atoms with Crippen molar-refractivity contribution in [2.75, 3.05) is 11.9 Å². The molecule has 0 aliphatic heterocycles. The molecule has 2 aromatic carbocycles. The SMILES string of the molecule is N#CCNC(=O)c1ccccc1NC(=O)OCc1ccccc1. The molecule has 0 saturated carbocycles. The first kappa shape index (κ1) is 16.0. The normalized spacial score (nSPS) is 9.52. The summed E-state index contributed by atoms with van der Waals surface area (Å²) in [5.74, 6) is -0.439. The zero-order chi connectivity index (χ0) is 16.5. The van der Waals surface area contributed by atoms with Gasteiger partial charge in [-0.15, -0.1) is 0 Å². The molecule has 2 rings (SSSR count). The lowest BCUT2D eigenvalue weighted by molar-refractivity contribution is 0.0959. The molecule has 0 atom stereocenters. The number of ether oxygens (including phenoxy) is 1. The molecule has 0 aliphatic carbocycles. The molecule has 116 valence electrons. The van der Waals surface area contributed by atoms with Crippen LogP contribution < -0.4 is 10.6 Å². The fourth-order valence-corrected chi connectivity index (χ4v) is 1.87. The van der Waals surface area contributed by atoms with Gasteiger partial charge in [-0.3, -0.25) is 10.1 Å². The molecule has 6 heteroatoms. The Bertz CT molecular complexity index is 723. The van der Waals surface area contributed by atoms with Gasteiger partial charge in [-0.1, -0.05) is 42.5 Å². The van der Waals surface area contributed by atoms with E-state index in [0.29, 0.717) is 5.69 Å². The summed E-state index contributed by atoms with van der Waals surface area (Å²) in [6.45, 7) is 0.0289. The molecule has 2 amide bonds. The minimum absolute atomic E-state index is 0.106. The van der Waals surface area contributed by atoms with E-state index in [1.165, 1.54) is 0 Å². The van der Waals surface area contributed by atoms with Gasteiger partial charge in [0.05, 0.1) is 17.3 Å². The van der Waals surface area contributed by atoms with E-state index >= 15 is 0 Å². The van der Waals surface area contributed by atoms with E-state index in [0.717, 1.165) is 5.56 Å². The van der Waals surface area contributed by atoms with Gasteiger partial charge in [0.25, 0.3) is 5.91 Å². The van der Waals surface area contributed by atoms with Crippen LogP contribution in [0.2, 0.25) is 0 Å². The second-order valence-corrected chi connectivity index (χ2v) is 4.57. The Hall–Kier alpha value is -3.33. The number of nitrogens with zero attached hydrogens (tertiary/aromatic N) is 1. The number of carbonyl (C=O) groups excluding carboxylic acids is 2. The Balaban J connectivity index is 1.98. The van der Waals surface area contributed by atoms with Gasteiger partial charge >= 0.3 is 6.09 Å². The third-order valence-corrected chi connectivity index (χ3v) is 2.95. The predicted octanol–water partition coefficient (Wildman–Crippen LogP) is 2.69. The molecule has 0 saturated heterocycles. The maximum atomic E-state index is 11.9. The van der Waals surface area contributed by atoms with Crippen LogP contribution >= 0.6 is 0 Å². The minimum atomic E-state index is -0.658. The lowest BCUT2D eigenvalue weighted by atomic mass is 10.1. The number of hydrogen-bond acceptors (Lipinski definition) is 4. The van der Waals surface area contributed by atoms with Crippen molar-refractivity contribution in [2.45, 2.75) is 6.61 Å². The summed E-state index contributed by atoms with van der Waals surface area (Å²) < 4.78 is 5.11. The van der Waals surface area contributed by atoms with Gasteiger partial charge in [0.2, 0.25) is 0 Å². The van der Waals surface area contributed by atoms with Crippen molar-refractivity contribution in [3.05, 3.63) is 65.7 Å². The van der Waals surface area contributed by atoms with Crippen LogP contribution in [-0.4, -0.2) is 18.5 Å². The van der Waals surface area contributed by atoms with E-state index < -0.39 is 12.0 Å². The van der Waals surface area contributed by atoms with Crippen LogP contribution in [-0.2, 0) is 11.3 Å². The summed E-state index contributed by atoms with van der Waals surface area (Å²) in [5, 5.41) is 13.5. The summed E-state index contributed by atoms with van der Waals surface area (Å²) in [4.78, 5) is 23.8. The Morgan fingerprint density at radius 1 is 1.04 bits per heavy atom. The second-order valence-electron chi connectivity index (χ2n) is 4.57. The van der Waals surface area contributed by atoms with Crippen LogP contribution in [0.4, 0.5) is 10.5 Å². The molecule has 0 aromatic heterocycles. The number of amides is 2. The number of hydrogen-bond donors (Lipinski definition) is 2. The van der Waals surface area contributed by atoms with E-state index in [4.69, 9.17) is 10.00 Å². The maximum Gasteiger partial charge on any atom is 0.411 e. The van der Waals surface area contributed by atoms with E-state index in [-0.39, 0.29) is 18.7 Å². The van der Waals surface area contributed by atoms with Crippen molar-refractivity contribution in [1.29, 1.82) is 5.26 Å². The summed E-state index contributed by atoms with van der Waals surface area (Å²) in [6, 6.07) is 17.6. The van der Waals surface area contributed by atoms with Gasteiger partial charge in [0, 0.05) is 0 Å². The predicted molar refractivity (Wildman–Crippen MR) is 84.6 cm³/mol. The zero-order valence-electron chi connectivity index (χ0n) is 12.3. The van der Waals surface area contributed by atoms with Crippen LogP contribution in [0.1, 0.15) is 15.9 Å². The quantitative estimate of drug-likeness (QED) is 0.831. The van der Waals surface area contributed by atoms with Crippen molar-refractivity contribution in [3.63, 3.8) is 0 Å². The fourth-order valence-electron chi connectivity index (χ4n) is 1.87. The molecule has 0 unspecified atom stereocenters. The molecule has 2 N–H and O–H groups in total. The molecule has 0 heterocycles. The summed E-state index contributed by atoms with van der Waals surface area (Å²) >= 11 is 0. The molecule has 0 bridgehead atoms. The Labute approximate surface area is 133 Å². The average Bonchev–Trinajstić information content (AvgIpc) is 2.59. The summed E-state index contributed by atoms with van der Waals surface area (Å²) in [6.07, 6.45) is -0.658. The van der Waals surface area contributed by atoms with Gasteiger partial charge in [0.15, 0.2) is 0 Å². The molecular weight excluding hydrogens is 294 g/mol. The number of nitrogens with one attached hydrogen (secondary N) is 2. The number of carbonyl (C=O) groups is 2. The first-order chi connectivity index (χ1) is 11.2. The first-order valence-electron chi connectivity index (χ1n) is 6.92. The second kappa shape index (κ2) is 8.20. The van der Waals surface area contributed by atoms with Crippen LogP contribution in [0, 0.1) is 11.3 Å². The van der Waals surface area contributed by atoms with Crippen molar-refractivity contribution >= 4 is 17.7 Å². The Morgan fingerprint density at radius 3 is 2.48 bits per heavy atom. The van der Waals surface area contributed by atoms with Gasteiger partial charge in [0.1, 0.15) is 13.2 Å².